The molecule has 0 radical (unpaired) electrons. The van der Waals surface area contributed by atoms with E-state index in [4.69, 9.17) is 12.2 Å². The molecule has 0 atom stereocenters. The van der Waals surface area contributed by atoms with E-state index in [1.807, 2.05) is 31.2 Å². The van der Waals surface area contributed by atoms with Gasteiger partial charge in [-0.1, -0.05) is 30.4 Å². The molecular formula is C11H9NOS. The fourth-order valence-corrected chi connectivity index (χ4v) is 1.70. The lowest BCUT2D eigenvalue weighted by Gasteiger charge is -2.02. The quantitative estimate of drug-likeness (QED) is 0.571. The maximum absolute atomic E-state index is 10.7. The van der Waals surface area contributed by atoms with E-state index in [1.54, 1.807) is 0 Å². The number of benzene rings is 1. The molecule has 0 fully saturated rings. The minimum absolute atomic E-state index is 0.502. The van der Waals surface area contributed by atoms with Crippen LogP contribution in [0.25, 0.3) is 10.9 Å². The fourth-order valence-electron chi connectivity index (χ4n) is 1.49. The molecule has 1 aromatic carbocycles. The molecule has 2 nitrogen and oxygen atoms in total. The Labute approximate surface area is 86.6 Å². The van der Waals surface area contributed by atoms with Crippen LogP contribution in [0.15, 0.2) is 24.3 Å². The number of carbonyl (C=O) groups is 1. The molecule has 70 valence electrons. The standard InChI is InChI=1S/C11H9NOS/c1-7-3-2-4-8-5-9(6-13)11(14)12-10(7)8/h2-6H,1H3,(H,12,14). The molecule has 1 N–H and O–H groups in total. The van der Waals surface area contributed by atoms with Crippen LogP contribution in [0.2, 0.25) is 0 Å². The Morgan fingerprint density at radius 2 is 2.21 bits per heavy atom. The first kappa shape index (κ1) is 9.09. The molecule has 0 aliphatic carbocycles. The van der Waals surface area contributed by atoms with Gasteiger partial charge in [-0.3, -0.25) is 4.79 Å². The van der Waals surface area contributed by atoms with Crippen molar-refractivity contribution < 1.29 is 4.79 Å². The van der Waals surface area contributed by atoms with Crippen LogP contribution < -0.4 is 0 Å². The van der Waals surface area contributed by atoms with Gasteiger partial charge in [0.2, 0.25) is 0 Å². The van der Waals surface area contributed by atoms with E-state index >= 15 is 0 Å². The van der Waals surface area contributed by atoms with E-state index in [9.17, 15) is 4.79 Å². The summed E-state index contributed by atoms with van der Waals surface area (Å²) < 4.78 is 0.502. The number of fused-ring (bicyclic) bond motifs is 1. The van der Waals surface area contributed by atoms with E-state index < -0.39 is 0 Å². The molecule has 0 aliphatic rings. The normalized spacial score (nSPS) is 10.4. The number of rotatable bonds is 1. The third kappa shape index (κ3) is 1.36. The zero-order chi connectivity index (χ0) is 10.1. The highest BCUT2D eigenvalue weighted by Crippen LogP contribution is 2.17. The van der Waals surface area contributed by atoms with Crippen LogP contribution in [0.4, 0.5) is 0 Å². The van der Waals surface area contributed by atoms with Gasteiger partial charge in [-0.05, 0) is 23.9 Å². The van der Waals surface area contributed by atoms with Crippen LogP contribution in [0.5, 0.6) is 0 Å². The Morgan fingerprint density at radius 3 is 2.93 bits per heavy atom. The molecule has 0 saturated heterocycles. The third-order valence-electron chi connectivity index (χ3n) is 2.24. The molecular weight excluding hydrogens is 194 g/mol. The largest absolute Gasteiger partial charge is 0.345 e. The van der Waals surface area contributed by atoms with Gasteiger partial charge in [0.25, 0.3) is 0 Å². The van der Waals surface area contributed by atoms with Crippen LogP contribution in [0.1, 0.15) is 15.9 Å². The second-order valence-electron chi connectivity index (χ2n) is 3.21. The Morgan fingerprint density at radius 1 is 1.43 bits per heavy atom. The van der Waals surface area contributed by atoms with E-state index in [-0.39, 0.29) is 0 Å². The van der Waals surface area contributed by atoms with Gasteiger partial charge in [0.05, 0.1) is 0 Å². The number of aromatic amines is 1. The van der Waals surface area contributed by atoms with Gasteiger partial charge in [0, 0.05) is 11.1 Å². The van der Waals surface area contributed by atoms with Crippen molar-refractivity contribution in [2.24, 2.45) is 0 Å². The second-order valence-corrected chi connectivity index (χ2v) is 3.62. The van der Waals surface area contributed by atoms with Gasteiger partial charge in [-0.2, -0.15) is 0 Å². The maximum atomic E-state index is 10.7. The van der Waals surface area contributed by atoms with Gasteiger partial charge in [-0.15, -0.1) is 0 Å². The lowest BCUT2D eigenvalue weighted by atomic mass is 10.1. The van der Waals surface area contributed by atoms with Gasteiger partial charge >= 0.3 is 0 Å². The molecule has 0 unspecified atom stereocenters. The summed E-state index contributed by atoms with van der Waals surface area (Å²) in [7, 11) is 0. The molecule has 1 heterocycles. The lowest BCUT2D eigenvalue weighted by Crippen LogP contribution is -1.89. The van der Waals surface area contributed by atoms with E-state index in [0.29, 0.717) is 10.2 Å². The Kier molecular flexibility index (Phi) is 2.17. The van der Waals surface area contributed by atoms with E-state index in [1.165, 1.54) is 0 Å². The summed E-state index contributed by atoms with van der Waals surface area (Å²) in [6.45, 7) is 2.01. The summed E-state index contributed by atoms with van der Waals surface area (Å²) in [5.74, 6) is 0. The molecule has 14 heavy (non-hydrogen) atoms. The number of para-hydroxylation sites is 1. The monoisotopic (exact) mass is 203 g/mol. The van der Waals surface area contributed by atoms with Crippen LogP contribution in [-0.2, 0) is 0 Å². The number of nitrogens with one attached hydrogen (secondary N) is 1. The van der Waals surface area contributed by atoms with Gasteiger partial charge in [-0.25, -0.2) is 0 Å². The van der Waals surface area contributed by atoms with Crippen LogP contribution in [0, 0.1) is 11.6 Å². The number of aromatic nitrogens is 1. The minimum atomic E-state index is 0.502. The van der Waals surface area contributed by atoms with Crippen LogP contribution >= 0.6 is 12.2 Å². The zero-order valence-electron chi connectivity index (χ0n) is 7.70. The number of pyridine rings is 1. The van der Waals surface area contributed by atoms with Gasteiger partial charge < -0.3 is 4.98 Å². The summed E-state index contributed by atoms with van der Waals surface area (Å²) >= 11 is 5.05. The maximum Gasteiger partial charge on any atom is 0.153 e. The number of hydrogen-bond acceptors (Lipinski definition) is 2. The molecule has 1 aromatic heterocycles. The highest BCUT2D eigenvalue weighted by Gasteiger charge is 2.00. The SMILES string of the molecule is Cc1cccc2cc(C=O)c(=S)[nH]c12. The van der Waals surface area contributed by atoms with Gasteiger partial charge in [0.15, 0.2) is 6.29 Å². The Bertz CT molecular complexity index is 557. The summed E-state index contributed by atoms with van der Waals surface area (Å²) in [6.07, 6.45) is 0.778. The third-order valence-corrected chi connectivity index (χ3v) is 2.58. The highest BCUT2D eigenvalue weighted by molar-refractivity contribution is 7.71. The first-order valence-corrected chi connectivity index (χ1v) is 4.71. The number of aldehydes is 1. The van der Waals surface area contributed by atoms with Crippen molar-refractivity contribution in [3.63, 3.8) is 0 Å². The molecule has 0 bridgehead atoms. The topological polar surface area (TPSA) is 32.9 Å². The summed E-state index contributed by atoms with van der Waals surface area (Å²) in [5.41, 5.74) is 2.67. The Hall–Kier alpha value is -1.48. The van der Waals surface area contributed by atoms with Crippen LogP contribution in [0.3, 0.4) is 0 Å². The number of carbonyl (C=O) groups excluding carboxylic acids is 1. The molecule has 2 rings (SSSR count). The van der Waals surface area contributed by atoms with Crippen molar-refractivity contribution in [2.75, 3.05) is 0 Å². The first-order valence-electron chi connectivity index (χ1n) is 4.30. The number of aryl methyl sites for hydroxylation is 1. The molecule has 0 spiro atoms. The minimum Gasteiger partial charge on any atom is -0.345 e. The molecule has 2 aromatic rings. The molecule has 3 heteroatoms. The molecule has 0 saturated carbocycles. The average molecular weight is 203 g/mol. The first-order chi connectivity index (χ1) is 6.72. The zero-order valence-corrected chi connectivity index (χ0v) is 8.52. The van der Waals surface area contributed by atoms with Crippen molar-refractivity contribution in [1.82, 2.24) is 4.98 Å². The summed E-state index contributed by atoms with van der Waals surface area (Å²) in [6, 6.07) is 7.74. The Balaban J connectivity index is 2.93. The predicted octanol–water partition coefficient (Wildman–Crippen LogP) is 3.02. The number of H-pyrrole nitrogens is 1. The van der Waals surface area contributed by atoms with Crippen molar-refractivity contribution in [2.45, 2.75) is 6.92 Å². The van der Waals surface area contributed by atoms with Crippen LogP contribution in [-0.4, -0.2) is 11.3 Å². The smallest absolute Gasteiger partial charge is 0.153 e. The second kappa shape index (κ2) is 3.35. The predicted molar refractivity (Wildman–Crippen MR) is 59.3 cm³/mol. The van der Waals surface area contributed by atoms with Crippen molar-refractivity contribution in [3.05, 3.63) is 40.0 Å². The highest BCUT2D eigenvalue weighted by atomic mass is 32.1. The van der Waals surface area contributed by atoms with Crippen molar-refractivity contribution in [3.8, 4) is 0 Å². The lowest BCUT2D eigenvalue weighted by molar-refractivity contribution is 0.112. The molecule has 0 amide bonds. The van der Waals surface area contributed by atoms with E-state index in [0.717, 1.165) is 22.8 Å². The van der Waals surface area contributed by atoms with Gasteiger partial charge in [0.1, 0.15) is 4.64 Å². The fraction of sp³-hybridized carbons (Fsp3) is 0.0909. The van der Waals surface area contributed by atoms with E-state index in [2.05, 4.69) is 4.98 Å². The average Bonchev–Trinajstić information content (AvgIpc) is 2.19. The summed E-state index contributed by atoms with van der Waals surface area (Å²) in [4.78, 5) is 13.7. The van der Waals surface area contributed by atoms with Crippen molar-refractivity contribution >= 4 is 29.4 Å². The number of hydrogen-bond donors (Lipinski definition) is 1. The van der Waals surface area contributed by atoms with Crippen molar-refractivity contribution in [1.29, 1.82) is 0 Å². The summed E-state index contributed by atoms with van der Waals surface area (Å²) in [5, 5.41) is 1.01. The molecule has 0 aliphatic heterocycles.